The Morgan fingerprint density at radius 2 is 2.35 bits per heavy atom. The molecule has 4 heteroatoms. The third-order valence-electron chi connectivity index (χ3n) is 4.62. The van der Waals surface area contributed by atoms with E-state index in [1.165, 1.54) is 12.8 Å². The predicted octanol–water partition coefficient (Wildman–Crippen LogP) is 1.82. The number of morpholine rings is 1. The molecule has 2 aliphatic rings. The van der Waals surface area contributed by atoms with Crippen LogP contribution >= 0.6 is 0 Å². The first-order chi connectivity index (χ1) is 9.56. The average molecular weight is 280 g/mol. The number of hydrogen-bond acceptors (Lipinski definition) is 3. The van der Waals surface area contributed by atoms with E-state index in [0.29, 0.717) is 12.5 Å². The molecule has 0 aromatic heterocycles. The van der Waals surface area contributed by atoms with Crippen molar-refractivity contribution in [2.75, 3.05) is 32.8 Å². The first kappa shape index (κ1) is 15.5. The SMILES string of the molecule is CC(=O)NC[C@@H]1CN(C[C@@H]2C(C)=CCC[C@H]2C)CCO1. The summed E-state index contributed by atoms with van der Waals surface area (Å²) in [4.78, 5) is 13.5. The maximum Gasteiger partial charge on any atom is 0.216 e. The highest BCUT2D eigenvalue weighted by atomic mass is 16.5. The van der Waals surface area contributed by atoms with Gasteiger partial charge in [-0.05, 0) is 31.6 Å². The second-order valence-corrected chi connectivity index (χ2v) is 6.30. The summed E-state index contributed by atoms with van der Waals surface area (Å²) in [6.07, 6.45) is 5.08. The first-order valence-electron chi connectivity index (χ1n) is 7.81. The molecule has 114 valence electrons. The van der Waals surface area contributed by atoms with Crippen LogP contribution in [0.2, 0.25) is 0 Å². The van der Waals surface area contributed by atoms with Gasteiger partial charge in [0.25, 0.3) is 0 Å². The molecule has 0 saturated carbocycles. The van der Waals surface area contributed by atoms with Crippen molar-refractivity contribution in [1.29, 1.82) is 0 Å². The van der Waals surface area contributed by atoms with Gasteiger partial charge in [0, 0.05) is 33.1 Å². The molecule has 4 nitrogen and oxygen atoms in total. The molecule has 3 atom stereocenters. The number of allylic oxidation sites excluding steroid dienone is 1. The van der Waals surface area contributed by atoms with Crippen LogP contribution in [0.4, 0.5) is 0 Å². The minimum absolute atomic E-state index is 0.0189. The van der Waals surface area contributed by atoms with Gasteiger partial charge in [-0.15, -0.1) is 0 Å². The van der Waals surface area contributed by atoms with Crippen molar-refractivity contribution in [3.05, 3.63) is 11.6 Å². The molecule has 0 spiro atoms. The van der Waals surface area contributed by atoms with Gasteiger partial charge in [0.15, 0.2) is 0 Å². The van der Waals surface area contributed by atoms with E-state index in [1.807, 2.05) is 0 Å². The fraction of sp³-hybridized carbons (Fsp3) is 0.812. The minimum atomic E-state index is 0.0189. The highest BCUT2D eigenvalue weighted by molar-refractivity contribution is 5.72. The van der Waals surface area contributed by atoms with E-state index < -0.39 is 0 Å². The van der Waals surface area contributed by atoms with Crippen LogP contribution in [0.25, 0.3) is 0 Å². The summed E-state index contributed by atoms with van der Waals surface area (Å²) >= 11 is 0. The Balaban J connectivity index is 1.84. The molecule has 1 N–H and O–H groups in total. The van der Waals surface area contributed by atoms with Crippen molar-refractivity contribution in [2.24, 2.45) is 11.8 Å². The van der Waals surface area contributed by atoms with Crippen molar-refractivity contribution < 1.29 is 9.53 Å². The zero-order chi connectivity index (χ0) is 14.5. The van der Waals surface area contributed by atoms with Gasteiger partial charge >= 0.3 is 0 Å². The summed E-state index contributed by atoms with van der Waals surface area (Å²) in [7, 11) is 0. The second-order valence-electron chi connectivity index (χ2n) is 6.30. The molecule has 1 heterocycles. The lowest BCUT2D eigenvalue weighted by atomic mass is 9.79. The maximum atomic E-state index is 11.0. The number of hydrogen-bond donors (Lipinski definition) is 1. The van der Waals surface area contributed by atoms with Crippen molar-refractivity contribution in [3.63, 3.8) is 0 Å². The van der Waals surface area contributed by atoms with Gasteiger partial charge < -0.3 is 10.1 Å². The predicted molar refractivity (Wildman–Crippen MR) is 80.5 cm³/mol. The minimum Gasteiger partial charge on any atom is -0.374 e. The van der Waals surface area contributed by atoms with E-state index >= 15 is 0 Å². The molecule has 1 fully saturated rings. The van der Waals surface area contributed by atoms with Crippen molar-refractivity contribution in [1.82, 2.24) is 10.2 Å². The lowest BCUT2D eigenvalue weighted by Gasteiger charge is -2.38. The van der Waals surface area contributed by atoms with Crippen molar-refractivity contribution in [2.45, 2.75) is 39.7 Å². The van der Waals surface area contributed by atoms with E-state index in [1.54, 1.807) is 12.5 Å². The van der Waals surface area contributed by atoms with Crippen LogP contribution in [0.1, 0.15) is 33.6 Å². The fourth-order valence-electron chi connectivity index (χ4n) is 3.30. The summed E-state index contributed by atoms with van der Waals surface area (Å²) in [5.74, 6) is 1.48. The molecule has 1 aliphatic heterocycles. The Morgan fingerprint density at radius 3 is 3.05 bits per heavy atom. The molecule has 2 rings (SSSR count). The van der Waals surface area contributed by atoms with E-state index in [-0.39, 0.29) is 12.0 Å². The van der Waals surface area contributed by atoms with Gasteiger partial charge in [0.2, 0.25) is 5.91 Å². The number of carbonyl (C=O) groups excluding carboxylic acids is 1. The van der Waals surface area contributed by atoms with E-state index in [2.05, 4.69) is 30.1 Å². The van der Waals surface area contributed by atoms with E-state index in [4.69, 9.17) is 4.74 Å². The van der Waals surface area contributed by atoms with Crippen LogP contribution < -0.4 is 5.32 Å². The fourth-order valence-corrected chi connectivity index (χ4v) is 3.30. The van der Waals surface area contributed by atoms with Gasteiger partial charge in [-0.2, -0.15) is 0 Å². The standard InChI is InChI=1S/C16H28N2O2/c1-12-5-4-6-13(2)16(12)11-18-7-8-20-15(10-18)9-17-14(3)19/h5,13,15-16H,4,6-11H2,1-3H3,(H,17,19)/t13-,15-,16-/m1/s1. The van der Waals surface area contributed by atoms with Crippen LogP contribution in [-0.4, -0.2) is 49.7 Å². The van der Waals surface area contributed by atoms with Gasteiger partial charge in [-0.1, -0.05) is 18.6 Å². The first-order valence-corrected chi connectivity index (χ1v) is 7.81. The van der Waals surface area contributed by atoms with E-state index in [0.717, 1.165) is 32.2 Å². The maximum absolute atomic E-state index is 11.0. The lowest BCUT2D eigenvalue weighted by molar-refractivity contribution is -0.120. The molecule has 0 unspecified atom stereocenters. The molecule has 0 bridgehead atoms. The zero-order valence-electron chi connectivity index (χ0n) is 13.0. The Hall–Kier alpha value is -0.870. The van der Waals surface area contributed by atoms with Gasteiger partial charge in [0.1, 0.15) is 0 Å². The Bertz CT molecular complexity index is 367. The van der Waals surface area contributed by atoms with Crippen LogP contribution in [0, 0.1) is 11.8 Å². The Labute approximate surface area is 122 Å². The van der Waals surface area contributed by atoms with Crippen LogP contribution in [0.3, 0.4) is 0 Å². The largest absolute Gasteiger partial charge is 0.374 e. The van der Waals surface area contributed by atoms with E-state index in [9.17, 15) is 4.79 Å². The third kappa shape index (κ3) is 4.32. The molecule has 1 amide bonds. The molecule has 20 heavy (non-hydrogen) atoms. The third-order valence-corrected chi connectivity index (χ3v) is 4.62. The van der Waals surface area contributed by atoms with Crippen LogP contribution in [-0.2, 0) is 9.53 Å². The monoisotopic (exact) mass is 280 g/mol. The zero-order valence-corrected chi connectivity index (χ0v) is 13.0. The number of amides is 1. The molecule has 0 aromatic rings. The molecule has 1 aliphatic carbocycles. The second kappa shape index (κ2) is 7.23. The number of nitrogens with zero attached hydrogens (tertiary/aromatic N) is 1. The molecular weight excluding hydrogens is 252 g/mol. The summed E-state index contributed by atoms with van der Waals surface area (Å²) in [6, 6.07) is 0. The van der Waals surface area contributed by atoms with Crippen molar-refractivity contribution in [3.8, 4) is 0 Å². The van der Waals surface area contributed by atoms with Gasteiger partial charge in [0.05, 0.1) is 12.7 Å². The van der Waals surface area contributed by atoms with Gasteiger partial charge in [-0.3, -0.25) is 9.69 Å². The Kier molecular flexibility index (Phi) is 5.61. The number of ether oxygens (including phenoxy) is 1. The summed E-state index contributed by atoms with van der Waals surface area (Å²) in [6.45, 7) is 10.7. The molecule has 0 aromatic carbocycles. The quantitative estimate of drug-likeness (QED) is 0.799. The summed E-state index contributed by atoms with van der Waals surface area (Å²) in [5.41, 5.74) is 1.55. The average Bonchev–Trinajstić information content (AvgIpc) is 2.41. The molecule has 1 saturated heterocycles. The summed E-state index contributed by atoms with van der Waals surface area (Å²) < 4.78 is 5.73. The number of nitrogens with one attached hydrogen (secondary N) is 1. The lowest BCUT2D eigenvalue weighted by Crippen LogP contribution is -2.49. The van der Waals surface area contributed by atoms with Crippen molar-refractivity contribution >= 4 is 5.91 Å². The molecule has 0 radical (unpaired) electrons. The molecular formula is C16H28N2O2. The smallest absolute Gasteiger partial charge is 0.216 e. The normalized spacial score (nSPS) is 31.8. The van der Waals surface area contributed by atoms with Gasteiger partial charge in [-0.25, -0.2) is 0 Å². The summed E-state index contributed by atoms with van der Waals surface area (Å²) in [5, 5.41) is 2.85. The topological polar surface area (TPSA) is 41.6 Å². The number of rotatable bonds is 4. The Morgan fingerprint density at radius 1 is 1.55 bits per heavy atom. The van der Waals surface area contributed by atoms with Crippen LogP contribution in [0.5, 0.6) is 0 Å². The highest BCUT2D eigenvalue weighted by Gasteiger charge is 2.27. The van der Waals surface area contributed by atoms with Crippen LogP contribution in [0.15, 0.2) is 11.6 Å². The highest BCUT2D eigenvalue weighted by Crippen LogP contribution is 2.31. The number of carbonyl (C=O) groups is 1.